The summed E-state index contributed by atoms with van der Waals surface area (Å²) in [5, 5.41) is 0. The molecule has 0 N–H and O–H groups in total. The van der Waals surface area contributed by atoms with Crippen LogP contribution in [0.3, 0.4) is 0 Å². The number of carbonyl (C=O) groups excluding carboxylic acids is 2. The van der Waals surface area contributed by atoms with Crippen LogP contribution in [0.4, 0.5) is 0 Å². The van der Waals surface area contributed by atoms with Crippen molar-refractivity contribution >= 4 is 12.1 Å². The SMILES string of the molecule is CCOC1(C=O)CCC2C3C=CC4=CC(=O)C5CC5C4C3CCC21C. The van der Waals surface area contributed by atoms with E-state index in [2.05, 4.69) is 19.1 Å². The predicted molar refractivity (Wildman–Crippen MR) is 94.8 cm³/mol. The fourth-order valence-electron chi connectivity index (χ4n) is 7.18. The molecule has 0 aromatic heterocycles. The summed E-state index contributed by atoms with van der Waals surface area (Å²) in [6.45, 7) is 4.90. The van der Waals surface area contributed by atoms with Gasteiger partial charge in [0.2, 0.25) is 0 Å². The van der Waals surface area contributed by atoms with Crippen molar-refractivity contribution < 1.29 is 14.3 Å². The van der Waals surface area contributed by atoms with Crippen LogP contribution in [-0.2, 0) is 14.3 Å². The zero-order chi connectivity index (χ0) is 17.4. The van der Waals surface area contributed by atoms with E-state index in [-0.39, 0.29) is 5.41 Å². The highest BCUT2D eigenvalue weighted by Crippen LogP contribution is 2.66. The minimum Gasteiger partial charge on any atom is -0.367 e. The molecular formula is C22H28O3. The van der Waals surface area contributed by atoms with E-state index in [0.29, 0.717) is 47.9 Å². The van der Waals surface area contributed by atoms with E-state index in [1.807, 2.05) is 13.0 Å². The molecule has 3 heteroatoms. The van der Waals surface area contributed by atoms with E-state index in [1.54, 1.807) is 0 Å². The van der Waals surface area contributed by atoms with E-state index < -0.39 is 5.60 Å². The quantitative estimate of drug-likeness (QED) is 0.735. The van der Waals surface area contributed by atoms with Crippen molar-refractivity contribution in [2.24, 2.45) is 40.9 Å². The maximum atomic E-state index is 12.1. The van der Waals surface area contributed by atoms with Crippen molar-refractivity contribution in [3.8, 4) is 0 Å². The molecule has 5 aliphatic rings. The van der Waals surface area contributed by atoms with Crippen molar-refractivity contribution in [1.29, 1.82) is 0 Å². The van der Waals surface area contributed by atoms with Gasteiger partial charge < -0.3 is 9.53 Å². The number of rotatable bonds is 3. The summed E-state index contributed by atoms with van der Waals surface area (Å²) in [6, 6.07) is 0. The molecule has 5 rings (SSSR count). The molecule has 5 aliphatic carbocycles. The molecule has 0 aromatic carbocycles. The summed E-state index contributed by atoms with van der Waals surface area (Å²) in [5.41, 5.74) is 0.648. The Morgan fingerprint density at radius 2 is 2.12 bits per heavy atom. The Morgan fingerprint density at radius 1 is 1.28 bits per heavy atom. The largest absolute Gasteiger partial charge is 0.367 e. The first-order valence-electron chi connectivity index (χ1n) is 10.1. The average Bonchev–Trinajstić information content (AvgIpc) is 3.35. The molecule has 0 aromatic rings. The van der Waals surface area contributed by atoms with Gasteiger partial charge >= 0.3 is 0 Å². The highest BCUT2D eigenvalue weighted by atomic mass is 16.5. The molecule has 3 saturated carbocycles. The number of ketones is 1. The number of hydrogen-bond acceptors (Lipinski definition) is 3. The van der Waals surface area contributed by atoms with Gasteiger partial charge in [0.25, 0.3) is 0 Å². The van der Waals surface area contributed by atoms with Gasteiger partial charge in [-0.15, -0.1) is 0 Å². The Bertz CT molecular complexity index is 691. The van der Waals surface area contributed by atoms with Crippen LogP contribution in [0, 0.1) is 40.9 Å². The van der Waals surface area contributed by atoms with E-state index in [1.165, 1.54) is 5.57 Å². The lowest BCUT2D eigenvalue weighted by atomic mass is 9.52. The lowest BCUT2D eigenvalue weighted by Crippen LogP contribution is -2.54. The summed E-state index contributed by atoms with van der Waals surface area (Å²) in [4.78, 5) is 24.2. The first-order valence-corrected chi connectivity index (χ1v) is 10.1. The van der Waals surface area contributed by atoms with Crippen LogP contribution in [0.5, 0.6) is 0 Å². The van der Waals surface area contributed by atoms with Crippen LogP contribution in [-0.4, -0.2) is 24.3 Å². The molecule has 0 saturated heterocycles. The second-order valence-electron chi connectivity index (χ2n) is 9.22. The fraction of sp³-hybridized carbons (Fsp3) is 0.727. The Hall–Kier alpha value is -1.22. The number of aldehydes is 1. The molecule has 8 unspecified atom stereocenters. The molecule has 3 fully saturated rings. The van der Waals surface area contributed by atoms with E-state index in [9.17, 15) is 9.59 Å². The summed E-state index contributed by atoms with van der Waals surface area (Å²) in [7, 11) is 0. The smallest absolute Gasteiger partial charge is 0.159 e. The molecule has 3 nitrogen and oxygen atoms in total. The average molecular weight is 340 g/mol. The summed E-state index contributed by atoms with van der Waals surface area (Å²) in [6.07, 6.45) is 12.9. The van der Waals surface area contributed by atoms with Gasteiger partial charge in [0, 0.05) is 17.9 Å². The van der Waals surface area contributed by atoms with Crippen molar-refractivity contribution in [2.45, 2.75) is 51.6 Å². The molecule has 0 amide bonds. The van der Waals surface area contributed by atoms with Crippen LogP contribution in [0.15, 0.2) is 23.8 Å². The number of ether oxygens (including phenoxy) is 1. The van der Waals surface area contributed by atoms with Crippen molar-refractivity contribution in [2.75, 3.05) is 6.61 Å². The molecule has 134 valence electrons. The van der Waals surface area contributed by atoms with Gasteiger partial charge in [-0.2, -0.15) is 0 Å². The molecule has 0 spiro atoms. The summed E-state index contributed by atoms with van der Waals surface area (Å²) >= 11 is 0. The summed E-state index contributed by atoms with van der Waals surface area (Å²) in [5.74, 6) is 3.57. The third-order valence-corrected chi connectivity index (χ3v) is 8.49. The predicted octanol–water partition coefficient (Wildman–Crippen LogP) is 3.73. The highest BCUT2D eigenvalue weighted by Gasteiger charge is 2.65. The van der Waals surface area contributed by atoms with Gasteiger partial charge in [0.05, 0.1) is 0 Å². The second-order valence-corrected chi connectivity index (χ2v) is 9.22. The molecular weight excluding hydrogens is 312 g/mol. The first kappa shape index (κ1) is 16.0. The van der Waals surface area contributed by atoms with Gasteiger partial charge in [0.15, 0.2) is 12.1 Å². The Morgan fingerprint density at radius 3 is 2.88 bits per heavy atom. The molecule has 0 bridgehead atoms. The zero-order valence-electron chi connectivity index (χ0n) is 15.2. The maximum Gasteiger partial charge on any atom is 0.159 e. The fourth-order valence-corrected chi connectivity index (χ4v) is 7.18. The highest BCUT2D eigenvalue weighted by molar-refractivity contribution is 5.96. The van der Waals surface area contributed by atoms with E-state index in [4.69, 9.17) is 4.74 Å². The van der Waals surface area contributed by atoms with Gasteiger partial charge in [-0.25, -0.2) is 0 Å². The van der Waals surface area contributed by atoms with Crippen LogP contribution < -0.4 is 0 Å². The Labute approximate surface area is 149 Å². The third-order valence-electron chi connectivity index (χ3n) is 8.49. The monoisotopic (exact) mass is 340 g/mol. The third kappa shape index (κ3) is 1.91. The Balaban J connectivity index is 1.51. The number of hydrogen-bond donors (Lipinski definition) is 0. The molecule has 0 heterocycles. The number of carbonyl (C=O) groups is 2. The maximum absolute atomic E-state index is 12.1. The lowest BCUT2D eigenvalue weighted by molar-refractivity contribution is -0.159. The molecule has 25 heavy (non-hydrogen) atoms. The van der Waals surface area contributed by atoms with E-state index >= 15 is 0 Å². The molecule has 0 radical (unpaired) electrons. The lowest BCUT2D eigenvalue weighted by Gasteiger charge is -2.54. The van der Waals surface area contributed by atoms with Gasteiger partial charge in [-0.05, 0) is 80.3 Å². The first-order chi connectivity index (χ1) is 12.0. The van der Waals surface area contributed by atoms with Crippen molar-refractivity contribution in [1.82, 2.24) is 0 Å². The van der Waals surface area contributed by atoms with Crippen LogP contribution in [0.25, 0.3) is 0 Å². The minimum atomic E-state index is -0.591. The normalized spacial score (nSPS) is 52.6. The standard InChI is InChI=1S/C22H28O3/c1-3-25-22(12-23)9-7-18-14-5-4-13-10-19(24)16-11-17(16)20(13)15(14)6-8-21(18,22)2/h4-5,10,12,14-18,20H,3,6-9,11H2,1-2H3. The van der Waals surface area contributed by atoms with Crippen molar-refractivity contribution in [3.05, 3.63) is 23.8 Å². The van der Waals surface area contributed by atoms with Gasteiger partial charge in [0.1, 0.15) is 5.60 Å². The summed E-state index contributed by atoms with van der Waals surface area (Å²) < 4.78 is 6.09. The Kier molecular flexibility index (Phi) is 3.30. The van der Waals surface area contributed by atoms with Gasteiger partial charge in [-0.3, -0.25) is 4.79 Å². The van der Waals surface area contributed by atoms with Crippen LogP contribution in [0.2, 0.25) is 0 Å². The van der Waals surface area contributed by atoms with Crippen molar-refractivity contribution in [3.63, 3.8) is 0 Å². The molecule has 0 aliphatic heterocycles. The molecule has 8 atom stereocenters. The van der Waals surface area contributed by atoms with E-state index in [0.717, 1.165) is 38.4 Å². The number of fused-ring (bicyclic) bond motifs is 7. The number of allylic oxidation sites excluding steroid dienone is 4. The van der Waals surface area contributed by atoms with Gasteiger partial charge in [-0.1, -0.05) is 19.1 Å². The topological polar surface area (TPSA) is 43.4 Å². The minimum absolute atomic E-state index is 0.0507. The second kappa shape index (κ2) is 5.16. The van der Waals surface area contributed by atoms with Crippen LogP contribution in [0.1, 0.15) is 46.0 Å². The van der Waals surface area contributed by atoms with Crippen LogP contribution >= 0.6 is 0 Å². The zero-order valence-corrected chi connectivity index (χ0v) is 15.2.